The summed E-state index contributed by atoms with van der Waals surface area (Å²) < 4.78 is 7.49. The summed E-state index contributed by atoms with van der Waals surface area (Å²) in [5.41, 5.74) is 2.28. The maximum Gasteiger partial charge on any atom is 0.170 e. The maximum absolute atomic E-state index is 5.63. The Morgan fingerprint density at radius 3 is 2.88 bits per heavy atom. The van der Waals surface area contributed by atoms with E-state index in [9.17, 15) is 0 Å². The molecule has 24 heavy (non-hydrogen) atoms. The standard InChI is InChI=1S/C18H24N4OS/c1-3-21-11-6-9-15(21)17-16(14-8-4-5-10-19-14)20-18(24)22(17)12-7-13-23-2/h4-6,8-11,16-17H,3,7,12-13H2,1-2H3,(H,20,24)/t16-,17-/m1/s1. The van der Waals surface area contributed by atoms with Crippen LogP contribution in [-0.2, 0) is 11.3 Å². The average molecular weight is 344 g/mol. The highest BCUT2D eigenvalue weighted by Crippen LogP contribution is 2.38. The molecule has 1 saturated heterocycles. The van der Waals surface area contributed by atoms with Crippen LogP contribution in [0.4, 0.5) is 0 Å². The largest absolute Gasteiger partial charge is 0.385 e. The van der Waals surface area contributed by atoms with Crippen molar-refractivity contribution in [2.45, 2.75) is 32.0 Å². The van der Waals surface area contributed by atoms with Gasteiger partial charge in [-0.15, -0.1) is 0 Å². The minimum Gasteiger partial charge on any atom is -0.385 e. The average Bonchev–Trinajstić information content (AvgIpc) is 3.20. The van der Waals surface area contributed by atoms with Gasteiger partial charge in [-0.05, 0) is 49.8 Å². The van der Waals surface area contributed by atoms with Gasteiger partial charge in [0.25, 0.3) is 0 Å². The molecule has 2 atom stereocenters. The van der Waals surface area contributed by atoms with Crippen molar-refractivity contribution in [2.24, 2.45) is 0 Å². The third-order valence-corrected chi connectivity index (χ3v) is 4.81. The van der Waals surface area contributed by atoms with E-state index in [0.29, 0.717) is 0 Å². The van der Waals surface area contributed by atoms with Gasteiger partial charge in [0.15, 0.2) is 5.11 Å². The minimum atomic E-state index is 0.0569. The lowest BCUT2D eigenvalue weighted by molar-refractivity contribution is 0.179. The van der Waals surface area contributed by atoms with Gasteiger partial charge in [0.2, 0.25) is 0 Å². The van der Waals surface area contributed by atoms with Gasteiger partial charge in [0, 0.05) is 44.9 Å². The van der Waals surface area contributed by atoms with Crippen molar-refractivity contribution >= 4 is 17.3 Å². The molecule has 5 nitrogen and oxygen atoms in total. The Morgan fingerprint density at radius 2 is 2.17 bits per heavy atom. The van der Waals surface area contributed by atoms with E-state index in [4.69, 9.17) is 17.0 Å². The highest BCUT2D eigenvalue weighted by molar-refractivity contribution is 7.80. The molecule has 1 aliphatic rings. The summed E-state index contributed by atoms with van der Waals surface area (Å²) in [6, 6.07) is 10.5. The Bertz CT molecular complexity index is 673. The fourth-order valence-electron chi connectivity index (χ4n) is 3.33. The zero-order valence-electron chi connectivity index (χ0n) is 14.2. The van der Waals surface area contributed by atoms with Crippen LogP contribution in [-0.4, -0.2) is 39.8 Å². The van der Waals surface area contributed by atoms with E-state index in [1.54, 1.807) is 7.11 Å². The number of aryl methyl sites for hydroxylation is 1. The summed E-state index contributed by atoms with van der Waals surface area (Å²) in [5, 5.41) is 4.27. The second-order valence-electron chi connectivity index (χ2n) is 5.89. The zero-order chi connectivity index (χ0) is 16.9. The van der Waals surface area contributed by atoms with Crippen molar-refractivity contribution in [3.63, 3.8) is 0 Å². The van der Waals surface area contributed by atoms with Gasteiger partial charge < -0.3 is 19.5 Å². The molecule has 128 valence electrons. The molecular formula is C18H24N4OS. The lowest BCUT2D eigenvalue weighted by Gasteiger charge is -2.28. The second-order valence-corrected chi connectivity index (χ2v) is 6.27. The van der Waals surface area contributed by atoms with Crippen molar-refractivity contribution in [2.75, 3.05) is 20.3 Å². The Morgan fingerprint density at radius 1 is 1.29 bits per heavy atom. The first-order valence-corrected chi connectivity index (χ1v) is 8.79. The van der Waals surface area contributed by atoms with Crippen molar-refractivity contribution in [1.29, 1.82) is 0 Å². The molecule has 0 amide bonds. The molecule has 0 unspecified atom stereocenters. The van der Waals surface area contributed by atoms with Crippen molar-refractivity contribution in [3.8, 4) is 0 Å². The molecule has 6 heteroatoms. The third kappa shape index (κ3) is 3.30. The predicted octanol–water partition coefficient (Wildman–Crippen LogP) is 2.91. The number of nitrogens with one attached hydrogen (secondary N) is 1. The number of aromatic nitrogens is 2. The van der Waals surface area contributed by atoms with Gasteiger partial charge in [-0.3, -0.25) is 4.98 Å². The topological polar surface area (TPSA) is 42.3 Å². The first-order chi connectivity index (χ1) is 11.8. The van der Waals surface area contributed by atoms with Gasteiger partial charge in [0.1, 0.15) is 0 Å². The molecule has 2 aromatic heterocycles. The third-order valence-electron chi connectivity index (χ3n) is 4.45. The second kappa shape index (κ2) is 7.77. The smallest absolute Gasteiger partial charge is 0.170 e. The van der Waals surface area contributed by atoms with E-state index in [0.717, 1.165) is 36.9 Å². The number of ether oxygens (including phenoxy) is 1. The Balaban J connectivity index is 1.95. The van der Waals surface area contributed by atoms with Gasteiger partial charge >= 0.3 is 0 Å². The monoisotopic (exact) mass is 344 g/mol. The lowest BCUT2D eigenvalue weighted by atomic mass is 10.0. The molecule has 0 aromatic carbocycles. The Hall–Kier alpha value is -1.92. The fourth-order valence-corrected chi connectivity index (χ4v) is 3.66. The van der Waals surface area contributed by atoms with Gasteiger partial charge in [-0.25, -0.2) is 0 Å². The molecule has 1 N–H and O–H groups in total. The number of nitrogens with zero attached hydrogens (tertiary/aromatic N) is 3. The van der Waals surface area contributed by atoms with Crippen LogP contribution < -0.4 is 5.32 Å². The van der Waals surface area contributed by atoms with E-state index in [2.05, 4.69) is 51.1 Å². The van der Waals surface area contributed by atoms with Crippen LogP contribution in [0.5, 0.6) is 0 Å². The molecule has 0 bridgehead atoms. The van der Waals surface area contributed by atoms with E-state index in [1.807, 2.05) is 18.3 Å². The van der Waals surface area contributed by atoms with Crippen LogP contribution in [0.1, 0.15) is 36.8 Å². The molecule has 0 spiro atoms. The fraction of sp³-hybridized carbons (Fsp3) is 0.444. The van der Waals surface area contributed by atoms with Crippen LogP contribution in [0, 0.1) is 0 Å². The summed E-state index contributed by atoms with van der Waals surface area (Å²) in [5.74, 6) is 0. The molecular weight excluding hydrogens is 320 g/mol. The Labute approximate surface area is 148 Å². The molecule has 1 aliphatic heterocycles. The molecule has 0 saturated carbocycles. The van der Waals surface area contributed by atoms with Crippen LogP contribution in [0.25, 0.3) is 0 Å². The molecule has 0 aliphatic carbocycles. The number of hydrogen-bond acceptors (Lipinski definition) is 3. The van der Waals surface area contributed by atoms with E-state index >= 15 is 0 Å². The highest BCUT2D eigenvalue weighted by atomic mass is 32.1. The quantitative estimate of drug-likeness (QED) is 0.618. The SMILES string of the molecule is CCn1cccc1[C@@H]1[C@@H](c2ccccn2)NC(=S)N1CCCOC. The normalized spacial score (nSPS) is 20.4. The number of thiocarbonyl (C=S) groups is 1. The number of pyridine rings is 1. The molecule has 0 radical (unpaired) electrons. The van der Waals surface area contributed by atoms with E-state index in [-0.39, 0.29) is 12.1 Å². The minimum absolute atomic E-state index is 0.0569. The van der Waals surface area contributed by atoms with Gasteiger partial charge in [0.05, 0.1) is 17.8 Å². The summed E-state index contributed by atoms with van der Waals surface area (Å²) in [4.78, 5) is 6.83. The maximum atomic E-state index is 5.63. The zero-order valence-corrected chi connectivity index (χ0v) is 15.0. The summed E-state index contributed by atoms with van der Waals surface area (Å²) in [7, 11) is 1.73. The van der Waals surface area contributed by atoms with E-state index in [1.165, 1.54) is 5.69 Å². The van der Waals surface area contributed by atoms with E-state index < -0.39 is 0 Å². The number of rotatable bonds is 7. The first-order valence-electron chi connectivity index (χ1n) is 8.38. The van der Waals surface area contributed by atoms with Crippen molar-refractivity contribution in [1.82, 2.24) is 19.8 Å². The van der Waals surface area contributed by atoms with Crippen molar-refractivity contribution in [3.05, 3.63) is 54.1 Å². The summed E-state index contributed by atoms with van der Waals surface area (Å²) in [6.07, 6.45) is 4.90. The van der Waals surface area contributed by atoms with Gasteiger partial charge in [-0.2, -0.15) is 0 Å². The molecule has 2 aromatic rings. The molecule has 1 fully saturated rings. The summed E-state index contributed by atoms with van der Waals surface area (Å²) in [6.45, 7) is 4.69. The number of hydrogen-bond donors (Lipinski definition) is 1. The first kappa shape index (κ1) is 16.9. The molecule has 3 heterocycles. The summed E-state index contributed by atoms with van der Waals surface area (Å²) >= 11 is 5.63. The highest BCUT2D eigenvalue weighted by Gasteiger charge is 2.40. The Kier molecular flexibility index (Phi) is 5.48. The van der Waals surface area contributed by atoms with Gasteiger partial charge in [-0.1, -0.05) is 6.07 Å². The lowest BCUT2D eigenvalue weighted by Crippen LogP contribution is -2.32. The van der Waals surface area contributed by atoms with Crippen LogP contribution in [0.3, 0.4) is 0 Å². The predicted molar refractivity (Wildman–Crippen MR) is 98.8 cm³/mol. The van der Waals surface area contributed by atoms with Crippen LogP contribution >= 0.6 is 12.2 Å². The van der Waals surface area contributed by atoms with Crippen molar-refractivity contribution < 1.29 is 4.74 Å². The number of methoxy groups -OCH3 is 1. The molecule has 3 rings (SSSR count). The van der Waals surface area contributed by atoms with Crippen LogP contribution in [0.2, 0.25) is 0 Å². The van der Waals surface area contributed by atoms with Crippen LogP contribution in [0.15, 0.2) is 42.7 Å².